The van der Waals surface area contributed by atoms with Gasteiger partial charge in [-0.25, -0.2) is 4.79 Å². The monoisotopic (exact) mass is 933 g/mol. The molecule has 0 bridgehead atoms. The van der Waals surface area contributed by atoms with Gasteiger partial charge in [-0.15, -0.1) is 0 Å². The molecule has 1 N–H and O–H groups in total. The summed E-state index contributed by atoms with van der Waals surface area (Å²) in [4.78, 5) is 42.9. The third-order valence-corrected chi connectivity index (χ3v) is 13.9. The van der Waals surface area contributed by atoms with Gasteiger partial charge in [0.1, 0.15) is 18.2 Å². The molecule has 7 heteroatoms. The van der Waals surface area contributed by atoms with Crippen molar-refractivity contribution in [3.05, 3.63) is 0 Å². The van der Waals surface area contributed by atoms with E-state index in [1.54, 1.807) is 0 Å². The summed E-state index contributed by atoms with van der Waals surface area (Å²) in [6.45, 7) is 9.88. The highest BCUT2D eigenvalue weighted by Gasteiger charge is 2.27. The fourth-order valence-corrected chi connectivity index (χ4v) is 9.43. The molecular formula is C59H116N2O5. The number of unbranched alkanes of at least 4 members (excludes halogenated alkanes) is 34. The zero-order valence-corrected chi connectivity index (χ0v) is 45.5. The van der Waals surface area contributed by atoms with Gasteiger partial charge in [0, 0.05) is 12.8 Å². The fraction of sp³-hybridized carbons (Fsp3) is 0.949. The number of carbonyl (C=O) groups is 3. The Morgan fingerprint density at radius 1 is 0.364 bits per heavy atom. The number of hydrogen-bond acceptors (Lipinski definition) is 6. The van der Waals surface area contributed by atoms with Gasteiger partial charge in [-0.05, 0) is 84.8 Å². The third-order valence-electron chi connectivity index (χ3n) is 13.9. The van der Waals surface area contributed by atoms with Gasteiger partial charge in [-0.2, -0.15) is 0 Å². The summed E-state index contributed by atoms with van der Waals surface area (Å²) in [5.74, 6) is -0.787. The zero-order chi connectivity index (χ0) is 48.4. The molecule has 7 nitrogen and oxygen atoms in total. The van der Waals surface area contributed by atoms with Crippen molar-refractivity contribution in [1.82, 2.24) is 10.2 Å². The summed E-state index contributed by atoms with van der Waals surface area (Å²) in [7, 11) is 4.01. The van der Waals surface area contributed by atoms with Gasteiger partial charge in [-0.1, -0.05) is 246 Å². The van der Waals surface area contributed by atoms with Crippen LogP contribution in [-0.2, 0) is 23.9 Å². The summed E-state index contributed by atoms with van der Waals surface area (Å²) in [5, 5.41) is 3.02. The van der Waals surface area contributed by atoms with E-state index in [1.165, 1.54) is 212 Å². The Kier molecular flexibility index (Phi) is 50.0. The maximum atomic E-state index is 14.0. The summed E-state index contributed by atoms with van der Waals surface area (Å²) in [6, 6.07) is -0.846. The van der Waals surface area contributed by atoms with Gasteiger partial charge in [0.25, 0.3) is 0 Å². The molecule has 0 rings (SSSR count). The molecule has 0 heterocycles. The Balaban J connectivity index is 5.44. The molecule has 0 saturated carbocycles. The maximum Gasteiger partial charge on any atom is 0.328 e. The van der Waals surface area contributed by atoms with Crippen LogP contribution in [-0.4, -0.2) is 61.6 Å². The van der Waals surface area contributed by atoms with Crippen LogP contribution in [0.15, 0.2) is 0 Å². The van der Waals surface area contributed by atoms with Crippen molar-refractivity contribution >= 4 is 17.8 Å². The Labute approximate surface area is 412 Å². The number of nitrogens with one attached hydrogen (secondary N) is 1. The molecule has 0 aromatic carbocycles. The Morgan fingerprint density at radius 3 is 0.955 bits per heavy atom. The lowest BCUT2D eigenvalue weighted by atomic mass is 10.0. The molecule has 0 aliphatic heterocycles. The van der Waals surface area contributed by atoms with Crippen molar-refractivity contribution in [2.24, 2.45) is 0 Å². The number of amides is 1. The Bertz CT molecular complexity index is 1040. The summed E-state index contributed by atoms with van der Waals surface area (Å²) < 4.78 is 12.5. The van der Waals surface area contributed by atoms with E-state index in [0.29, 0.717) is 12.8 Å². The van der Waals surface area contributed by atoms with Crippen LogP contribution in [0.3, 0.4) is 0 Å². The van der Waals surface area contributed by atoms with Crippen molar-refractivity contribution in [3.63, 3.8) is 0 Å². The highest BCUT2D eigenvalue weighted by Crippen LogP contribution is 2.22. The summed E-state index contributed by atoms with van der Waals surface area (Å²) in [6.07, 6.45) is 53.3. The van der Waals surface area contributed by atoms with E-state index in [9.17, 15) is 14.4 Å². The normalized spacial score (nSPS) is 13.0. The first-order valence-corrected chi connectivity index (χ1v) is 29.6. The van der Waals surface area contributed by atoms with Crippen LogP contribution in [0, 0.1) is 0 Å². The molecule has 0 aliphatic carbocycles. The van der Waals surface area contributed by atoms with E-state index in [2.05, 4.69) is 37.9 Å². The molecule has 392 valence electrons. The van der Waals surface area contributed by atoms with E-state index in [0.717, 1.165) is 64.3 Å². The molecule has 0 aromatic heterocycles. The average Bonchev–Trinajstić information content (AvgIpc) is 3.29. The van der Waals surface area contributed by atoms with Gasteiger partial charge < -0.3 is 19.7 Å². The van der Waals surface area contributed by atoms with Crippen molar-refractivity contribution in [1.29, 1.82) is 0 Å². The van der Waals surface area contributed by atoms with Crippen molar-refractivity contribution in [2.75, 3.05) is 20.6 Å². The average molecular weight is 934 g/mol. The van der Waals surface area contributed by atoms with Gasteiger partial charge in [0.2, 0.25) is 5.91 Å². The third kappa shape index (κ3) is 46.1. The van der Waals surface area contributed by atoms with E-state index >= 15 is 0 Å². The summed E-state index contributed by atoms with van der Waals surface area (Å²) in [5.41, 5.74) is 0. The molecule has 3 atom stereocenters. The first-order chi connectivity index (χ1) is 32.3. The number of hydrogen-bond donors (Lipinski definition) is 1. The first-order valence-electron chi connectivity index (χ1n) is 29.6. The molecule has 0 aromatic rings. The number of esters is 2. The standard InChI is InChI=1S/C59H116N2O5/c1-7-11-15-19-23-25-27-29-31-35-39-42-47-54(46-41-37-33-21-17-13-9-3)65-58(63)52-51-56(60-57(62)50-45-53-61(5)6)59(64)66-55(48-43-38-34-22-18-14-10-4)49-44-40-36-32-30-28-26-24-20-16-12-8-2/h54-56H,7-53H2,1-6H3,(H,60,62). The van der Waals surface area contributed by atoms with E-state index < -0.39 is 6.04 Å². The second-order valence-electron chi connectivity index (χ2n) is 20.9. The zero-order valence-electron chi connectivity index (χ0n) is 45.5. The van der Waals surface area contributed by atoms with E-state index in [1.807, 2.05) is 14.1 Å². The van der Waals surface area contributed by atoms with E-state index in [-0.39, 0.29) is 42.9 Å². The highest BCUT2D eigenvalue weighted by atomic mass is 16.5. The largest absolute Gasteiger partial charge is 0.462 e. The van der Waals surface area contributed by atoms with Crippen LogP contribution in [0.25, 0.3) is 0 Å². The predicted octanol–water partition coefficient (Wildman–Crippen LogP) is 17.9. The smallest absolute Gasteiger partial charge is 0.328 e. The molecule has 0 saturated heterocycles. The Morgan fingerprint density at radius 2 is 0.652 bits per heavy atom. The summed E-state index contributed by atoms with van der Waals surface area (Å²) >= 11 is 0. The molecule has 0 radical (unpaired) electrons. The van der Waals surface area contributed by atoms with Crippen LogP contribution in [0.5, 0.6) is 0 Å². The molecule has 0 spiro atoms. The van der Waals surface area contributed by atoms with Crippen LogP contribution in [0.2, 0.25) is 0 Å². The van der Waals surface area contributed by atoms with Crippen molar-refractivity contribution in [3.8, 4) is 0 Å². The SMILES string of the molecule is CCCCCCCCCCCCCCC(CCCCCCCCC)OC(=O)CCC(NC(=O)CCCN(C)C)C(=O)OC(CCCCCCCCC)CCCCCCCCCCCCCC. The molecule has 66 heavy (non-hydrogen) atoms. The predicted molar refractivity (Wildman–Crippen MR) is 285 cm³/mol. The minimum absolute atomic E-state index is 0.0795. The molecular weight excluding hydrogens is 817 g/mol. The van der Waals surface area contributed by atoms with Gasteiger partial charge in [0.15, 0.2) is 0 Å². The quantitative estimate of drug-likeness (QED) is 0.0483. The number of rotatable bonds is 53. The molecule has 1 amide bonds. The number of carbonyl (C=O) groups excluding carboxylic acids is 3. The van der Waals surface area contributed by atoms with Crippen molar-refractivity contribution in [2.45, 2.75) is 341 Å². The lowest BCUT2D eigenvalue weighted by Gasteiger charge is -2.24. The minimum atomic E-state index is -0.846. The van der Waals surface area contributed by atoms with Crippen LogP contribution in [0.4, 0.5) is 0 Å². The van der Waals surface area contributed by atoms with Crippen LogP contribution >= 0.6 is 0 Å². The minimum Gasteiger partial charge on any atom is -0.462 e. The number of nitrogens with zero attached hydrogens (tertiary/aromatic N) is 1. The van der Waals surface area contributed by atoms with E-state index in [4.69, 9.17) is 9.47 Å². The second-order valence-corrected chi connectivity index (χ2v) is 20.9. The fourth-order valence-electron chi connectivity index (χ4n) is 9.43. The molecule has 0 aliphatic rings. The Hall–Kier alpha value is -1.63. The maximum absolute atomic E-state index is 14.0. The lowest BCUT2D eigenvalue weighted by molar-refractivity contribution is -0.155. The molecule has 3 unspecified atom stereocenters. The first kappa shape index (κ1) is 64.4. The second kappa shape index (κ2) is 51.2. The lowest BCUT2D eigenvalue weighted by Crippen LogP contribution is -2.43. The van der Waals surface area contributed by atoms with Crippen LogP contribution in [0.1, 0.15) is 323 Å². The topological polar surface area (TPSA) is 84.9 Å². The molecule has 0 fully saturated rings. The highest BCUT2D eigenvalue weighted by molar-refractivity contribution is 5.85. The number of ether oxygens (including phenoxy) is 2. The van der Waals surface area contributed by atoms with Gasteiger partial charge in [0.05, 0.1) is 0 Å². The van der Waals surface area contributed by atoms with Gasteiger partial charge >= 0.3 is 11.9 Å². The van der Waals surface area contributed by atoms with Crippen LogP contribution < -0.4 is 5.32 Å². The van der Waals surface area contributed by atoms with Crippen molar-refractivity contribution < 1.29 is 23.9 Å². The van der Waals surface area contributed by atoms with Gasteiger partial charge in [-0.3, -0.25) is 9.59 Å².